The highest BCUT2D eigenvalue weighted by Gasteiger charge is 2.14. The summed E-state index contributed by atoms with van der Waals surface area (Å²) in [6.07, 6.45) is 1.07. The highest BCUT2D eigenvalue weighted by molar-refractivity contribution is 6.05. The van der Waals surface area contributed by atoms with Gasteiger partial charge in [0.25, 0.3) is 5.91 Å². The van der Waals surface area contributed by atoms with Gasteiger partial charge in [0.15, 0.2) is 5.78 Å². The molecule has 4 N–H and O–H groups in total. The molecule has 0 bridgehead atoms. The number of para-hydroxylation sites is 1. The molecule has 0 unspecified atom stereocenters. The number of amides is 2. The summed E-state index contributed by atoms with van der Waals surface area (Å²) in [4.78, 5) is 36.6. The highest BCUT2D eigenvalue weighted by Crippen LogP contribution is 2.16. The Kier molecular flexibility index (Phi) is 7.70. The van der Waals surface area contributed by atoms with E-state index in [1.165, 1.54) is 0 Å². The summed E-state index contributed by atoms with van der Waals surface area (Å²) >= 11 is 0. The number of hydrogen-bond acceptors (Lipinski definition) is 4. The number of ketones is 1. The Morgan fingerprint density at radius 3 is 2.33 bits per heavy atom. The number of rotatable bonds is 9. The van der Waals surface area contributed by atoms with Gasteiger partial charge >= 0.3 is 0 Å². The molecule has 142 valence electrons. The summed E-state index contributed by atoms with van der Waals surface area (Å²) in [5.74, 6) is -0.696. The first-order valence-electron chi connectivity index (χ1n) is 9.04. The summed E-state index contributed by atoms with van der Waals surface area (Å²) in [5.41, 5.74) is 7.92. The minimum absolute atomic E-state index is 0.0487. The van der Waals surface area contributed by atoms with Crippen LogP contribution in [0, 0.1) is 0 Å². The molecular weight excluding hydrogens is 342 g/mol. The first kappa shape index (κ1) is 20.3. The molecule has 2 rings (SSSR count). The number of carbonyl (C=O) groups excluding carboxylic acids is 3. The van der Waals surface area contributed by atoms with Crippen molar-refractivity contribution >= 4 is 23.3 Å². The van der Waals surface area contributed by atoms with E-state index in [1.807, 2.05) is 12.1 Å². The van der Waals surface area contributed by atoms with Crippen LogP contribution in [0.1, 0.15) is 46.0 Å². The summed E-state index contributed by atoms with van der Waals surface area (Å²) in [7, 11) is 0. The maximum atomic E-state index is 12.2. The molecule has 27 heavy (non-hydrogen) atoms. The van der Waals surface area contributed by atoms with E-state index >= 15 is 0 Å². The zero-order valence-electron chi connectivity index (χ0n) is 15.5. The van der Waals surface area contributed by atoms with Crippen molar-refractivity contribution in [2.45, 2.75) is 26.2 Å². The van der Waals surface area contributed by atoms with Gasteiger partial charge < -0.3 is 16.4 Å². The van der Waals surface area contributed by atoms with Crippen molar-refractivity contribution in [2.75, 3.05) is 18.4 Å². The van der Waals surface area contributed by atoms with Crippen molar-refractivity contribution < 1.29 is 14.4 Å². The molecule has 0 saturated carbocycles. The van der Waals surface area contributed by atoms with Crippen LogP contribution in [0.25, 0.3) is 0 Å². The van der Waals surface area contributed by atoms with Gasteiger partial charge in [-0.15, -0.1) is 0 Å². The van der Waals surface area contributed by atoms with Gasteiger partial charge in [0.2, 0.25) is 5.91 Å². The van der Waals surface area contributed by atoms with Crippen LogP contribution >= 0.6 is 0 Å². The lowest BCUT2D eigenvalue weighted by atomic mass is 10.0. The number of nitrogens with two attached hydrogens (primary N) is 1. The summed E-state index contributed by atoms with van der Waals surface area (Å²) in [6.45, 7) is 2.74. The first-order valence-corrected chi connectivity index (χ1v) is 9.04. The van der Waals surface area contributed by atoms with Gasteiger partial charge in [-0.1, -0.05) is 43.3 Å². The molecule has 2 amide bonds. The molecule has 0 aliphatic rings. The summed E-state index contributed by atoms with van der Waals surface area (Å²) in [5, 5.41) is 5.38. The van der Waals surface area contributed by atoms with Crippen molar-refractivity contribution in [3.05, 3.63) is 65.2 Å². The number of anilines is 1. The van der Waals surface area contributed by atoms with E-state index in [4.69, 9.17) is 5.73 Å². The molecule has 2 aromatic rings. The molecule has 0 fully saturated rings. The van der Waals surface area contributed by atoms with Gasteiger partial charge in [-0.05, 0) is 24.1 Å². The quantitative estimate of drug-likeness (QED) is 0.593. The normalized spacial score (nSPS) is 10.3. The average molecular weight is 367 g/mol. The van der Waals surface area contributed by atoms with Crippen molar-refractivity contribution in [3.63, 3.8) is 0 Å². The number of hydrogen-bond donors (Lipinski definition) is 3. The summed E-state index contributed by atoms with van der Waals surface area (Å²) < 4.78 is 0. The second-order valence-corrected chi connectivity index (χ2v) is 6.11. The van der Waals surface area contributed by atoms with Gasteiger partial charge in [0.1, 0.15) is 0 Å². The van der Waals surface area contributed by atoms with Crippen molar-refractivity contribution in [1.82, 2.24) is 5.32 Å². The Labute approximate surface area is 159 Å². The van der Waals surface area contributed by atoms with E-state index in [2.05, 4.69) is 17.6 Å². The monoisotopic (exact) mass is 367 g/mol. The predicted molar refractivity (Wildman–Crippen MR) is 106 cm³/mol. The van der Waals surface area contributed by atoms with E-state index in [0.29, 0.717) is 29.9 Å². The molecule has 6 heteroatoms. The fourth-order valence-corrected chi connectivity index (χ4v) is 2.58. The van der Waals surface area contributed by atoms with Crippen molar-refractivity contribution in [1.29, 1.82) is 0 Å². The van der Waals surface area contributed by atoms with E-state index in [1.54, 1.807) is 36.4 Å². The largest absolute Gasteiger partial charge is 0.351 e. The van der Waals surface area contributed by atoms with Crippen LogP contribution in [0.5, 0.6) is 0 Å². The van der Waals surface area contributed by atoms with Crippen LogP contribution in [-0.2, 0) is 11.2 Å². The highest BCUT2D eigenvalue weighted by atomic mass is 16.2. The molecule has 0 heterocycles. The van der Waals surface area contributed by atoms with Gasteiger partial charge in [-0.2, -0.15) is 0 Å². The van der Waals surface area contributed by atoms with Gasteiger partial charge in [-0.25, -0.2) is 0 Å². The van der Waals surface area contributed by atoms with Crippen LogP contribution in [0.3, 0.4) is 0 Å². The second-order valence-electron chi connectivity index (χ2n) is 6.11. The zero-order chi connectivity index (χ0) is 19.6. The minimum atomic E-state index is -0.312. The Balaban J connectivity index is 1.93. The smallest absolute Gasteiger partial charge is 0.253 e. The lowest BCUT2D eigenvalue weighted by Crippen LogP contribution is -2.30. The maximum absolute atomic E-state index is 12.2. The van der Waals surface area contributed by atoms with Crippen LogP contribution in [0.2, 0.25) is 0 Å². The lowest BCUT2D eigenvalue weighted by Gasteiger charge is -2.11. The van der Waals surface area contributed by atoms with E-state index in [-0.39, 0.29) is 30.4 Å². The molecule has 0 aliphatic heterocycles. The maximum Gasteiger partial charge on any atom is 0.253 e. The SMILES string of the molecule is CCc1ccc(C(=O)CCC(=O)Nc2ccccc2C(=O)NCCN)cc1. The molecule has 0 spiro atoms. The van der Waals surface area contributed by atoms with Gasteiger partial charge in [0.05, 0.1) is 11.3 Å². The Hall–Kier alpha value is -2.99. The molecule has 0 saturated heterocycles. The standard InChI is InChI=1S/C21H25N3O3/c1-2-15-7-9-16(10-8-15)19(25)11-12-20(26)24-18-6-4-3-5-17(18)21(27)23-14-13-22/h3-10H,2,11-14,22H2,1H3,(H,23,27)(H,24,26). The summed E-state index contributed by atoms with van der Waals surface area (Å²) in [6, 6.07) is 14.1. The van der Waals surface area contributed by atoms with Crippen LogP contribution in [0.4, 0.5) is 5.69 Å². The van der Waals surface area contributed by atoms with E-state index in [0.717, 1.165) is 12.0 Å². The first-order chi connectivity index (χ1) is 13.0. The average Bonchev–Trinajstić information content (AvgIpc) is 2.70. The van der Waals surface area contributed by atoms with Crippen LogP contribution < -0.4 is 16.4 Å². The zero-order valence-corrected chi connectivity index (χ0v) is 15.5. The second kappa shape index (κ2) is 10.2. The molecule has 0 atom stereocenters. The third kappa shape index (κ3) is 6.04. The number of aryl methyl sites for hydroxylation is 1. The van der Waals surface area contributed by atoms with Gasteiger partial charge in [0, 0.05) is 31.5 Å². The Bertz CT molecular complexity index is 801. The number of nitrogens with one attached hydrogen (secondary N) is 2. The topological polar surface area (TPSA) is 101 Å². The molecule has 0 aromatic heterocycles. The lowest BCUT2D eigenvalue weighted by molar-refractivity contribution is -0.116. The van der Waals surface area contributed by atoms with Crippen molar-refractivity contribution in [2.24, 2.45) is 5.73 Å². The Morgan fingerprint density at radius 2 is 1.67 bits per heavy atom. The number of carbonyl (C=O) groups is 3. The third-order valence-corrected chi connectivity index (χ3v) is 4.14. The van der Waals surface area contributed by atoms with Crippen molar-refractivity contribution in [3.8, 4) is 0 Å². The number of benzene rings is 2. The fraction of sp³-hybridized carbons (Fsp3) is 0.286. The van der Waals surface area contributed by atoms with Crippen LogP contribution in [0.15, 0.2) is 48.5 Å². The molecular formula is C21H25N3O3. The number of Topliss-reactive ketones (excluding diaryl/α,β-unsaturated/α-hetero) is 1. The molecule has 0 radical (unpaired) electrons. The van der Waals surface area contributed by atoms with Crippen LogP contribution in [-0.4, -0.2) is 30.7 Å². The predicted octanol–water partition coefficient (Wildman–Crippen LogP) is 2.54. The minimum Gasteiger partial charge on any atom is -0.351 e. The van der Waals surface area contributed by atoms with E-state index < -0.39 is 0 Å². The molecule has 2 aromatic carbocycles. The molecule has 6 nitrogen and oxygen atoms in total. The Morgan fingerprint density at radius 1 is 0.963 bits per heavy atom. The third-order valence-electron chi connectivity index (χ3n) is 4.14. The molecule has 0 aliphatic carbocycles. The van der Waals surface area contributed by atoms with E-state index in [9.17, 15) is 14.4 Å². The van der Waals surface area contributed by atoms with Gasteiger partial charge in [-0.3, -0.25) is 14.4 Å². The fourth-order valence-electron chi connectivity index (χ4n) is 2.58.